The van der Waals surface area contributed by atoms with Crippen molar-refractivity contribution in [2.24, 2.45) is 0 Å². The maximum atomic E-state index is 12.8. The van der Waals surface area contributed by atoms with Crippen LogP contribution in [0.2, 0.25) is 5.02 Å². The van der Waals surface area contributed by atoms with Crippen LogP contribution in [-0.4, -0.2) is 42.0 Å². The highest BCUT2D eigenvalue weighted by Gasteiger charge is 2.27. The Hall–Kier alpha value is -2.37. The lowest BCUT2D eigenvalue weighted by Crippen LogP contribution is -2.39. The normalized spacial score (nSPS) is 18.6. The Balaban J connectivity index is 1.45. The summed E-state index contributed by atoms with van der Waals surface area (Å²) in [6.07, 6.45) is 4.14. The van der Waals surface area contributed by atoms with Crippen LogP contribution >= 0.6 is 11.6 Å². The highest BCUT2D eigenvalue weighted by atomic mass is 35.5. The maximum absolute atomic E-state index is 12.8. The first kappa shape index (κ1) is 25.3. The zero-order valence-electron chi connectivity index (χ0n) is 20.1. The second-order valence-electron chi connectivity index (χ2n) is 9.86. The van der Waals surface area contributed by atoms with E-state index in [0.29, 0.717) is 23.0 Å². The van der Waals surface area contributed by atoms with Gasteiger partial charge in [-0.3, -0.25) is 9.59 Å². The molecule has 1 aliphatic carbocycles. The molecule has 1 N–H and O–H groups in total. The zero-order chi connectivity index (χ0) is 24.0. The van der Waals surface area contributed by atoms with Gasteiger partial charge in [0.1, 0.15) is 5.60 Å². The van der Waals surface area contributed by atoms with Crippen molar-refractivity contribution in [1.82, 2.24) is 10.2 Å². The van der Waals surface area contributed by atoms with Crippen LogP contribution in [0.15, 0.2) is 48.5 Å². The van der Waals surface area contributed by atoms with Crippen molar-refractivity contribution in [3.05, 3.63) is 70.2 Å². The first-order valence-corrected chi connectivity index (χ1v) is 12.0. The van der Waals surface area contributed by atoms with Gasteiger partial charge in [0.2, 0.25) is 0 Å². The lowest BCUT2D eigenvalue weighted by molar-refractivity contribution is -0.153. The third kappa shape index (κ3) is 7.58. The van der Waals surface area contributed by atoms with Gasteiger partial charge < -0.3 is 15.0 Å². The van der Waals surface area contributed by atoms with E-state index in [1.165, 1.54) is 5.56 Å². The Labute approximate surface area is 202 Å². The molecule has 0 aromatic heterocycles. The van der Waals surface area contributed by atoms with E-state index < -0.39 is 5.60 Å². The van der Waals surface area contributed by atoms with Crippen molar-refractivity contribution in [2.75, 3.05) is 13.6 Å². The first-order chi connectivity index (χ1) is 15.6. The number of nitrogens with zero attached hydrogens (tertiary/aromatic N) is 1. The molecule has 0 heterocycles. The highest BCUT2D eigenvalue weighted by molar-refractivity contribution is 6.30. The van der Waals surface area contributed by atoms with Crippen molar-refractivity contribution in [2.45, 2.75) is 70.6 Å². The van der Waals surface area contributed by atoms with E-state index in [4.69, 9.17) is 16.3 Å². The van der Waals surface area contributed by atoms with Crippen LogP contribution in [0.3, 0.4) is 0 Å². The average molecular weight is 471 g/mol. The fraction of sp³-hybridized carbons (Fsp3) is 0.481. The van der Waals surface area contributed by atoms with E-state index in [0.717, 1.165) is 31.2 Å². The van der Waals surface area contributed by atoms with Crippen LogP contribution in [0, 0.1) is 0 Å². The summed E-state index contributed by atoms with van der Waals surface area (Å²) in [7, 11) is 1.90. The Morgan fingerprint density at radius 3 is 2.18 bits per heavy atom. The van der Waals surface area contributed by atoms with Crippen LogP contribution in [0.1, 0.15) is 73.9 Å². The van der Waals surface area contributed by atoms with Gasteiger partial charge >= 0.3 is 5.97 Å². The molecule has 0 atom stereocenters. The largest absolute Gasteiger partial charge is 0.459 e. The van der Waals surface area contributed by atoms with Crippen molar-refractivity contribution in [3.63, 3.8) is 0 Å². The van der Waals surface area contributed by atoms with Gasteiger partial charge in [0.15, 0.2) is 0 Å². The monoisotopic (exact) mass is 470 g/mol. The van der Waals surface area contributed by atoms with Crippen molar-refractivity contribution in [3.8, 4) is 0 Å². The molecule has 33 heavy (non-hydrogen) atoms. The molecule has 0 bridgehead atoms. The second kappa shape index (κ2) is 11.2. The lowest BCUT2D eigenvalue weighted by atomic mass is 9.81. The van der Waals surface area contributed by atoms with E-state index in [2.05, 4.69) is 29.6 Å². The van der Waals surface area contributed by atoms with Gasteiger partial charge in [0, 0.05) is 30.2 Å². The van der Waals surface area contributed by atoms with Crippen LogP contribution in [0.5, 0.6) is 0 Å². The van der Waals surface area contributed by atoms with Crippen molar-refractivity contribution < 1.29 is 14.3 Å². The minimum Gasteiger partial charge on any atom is -0.459 e. The summed E-state index contributed by atoms with van der Waals surface area (Å²) in [5, 5.41) is 3.79. The third-order valence-electron chi connectivity index (χ3n) is 6.13. The minimum absolute atomic E-state index is 0.0540. The first-order valence-electron chi connectivity index (χ1n) is 11.7. The highest BCUT2D eigenvalue weighted by Crippen LogP contribution is 2.35. The number of esters is 1. The summed E-state index contributed by atoms with van der Waals surface area (Å²) in [6.45, 7) is 6.43. The van der Waals surface area contributed by atoms with Crippen molar-refractivity contribution >= 4 is 23.5 Å². The summed E-state index contributed by atoms with van der Waals surface area (Å²) in [5.74, 6) is 0.331. The lowest BCUT2D eigenvalue weighted by Gasteiger charge is -2.35. The Morgan fingerprint density at radius 2 is 1.61 bits per heavy atom. The van der Waals surface area contributed by atoms with Crippen molar-refractivity contribution in [1.29, 1.82) is 0 Å². The Morgan fingerprint density at radius 1 is 1.00 bits per heavy atom. The molecule has 178 valence electrons. The summed E-state index contributed by atoms with van der Waals surface area (Å²) in [5.41, 5.74) is 2.71. The van der Waals surface area contributed by atoms with E-state index in [1.807, 2.05) is 32.7 Å². The molecule has 0 spiro atoms. The van der Waals surface area contributed by atoms with Crippen LogP contribution in [0.25, 0.3) is 0 Å². The standard InChI is InChI=1S/C27H35ClN2O3/c1-27(2,3)33-25(31)18-29-17-19-5-7-20(8-6-19)21-11-15-24(16-12-21)30(4)26(32)22-9-13-23(28)14-10-22/h5-10,13-14,21,24,29H,11-12,15-18H2,1-4H3. The molecular weight excluding hydrogens is 436 g/mol. The molecule has 5 nitrogen and oxygen atoms in total. The topological polar surface area (TPSA) is 58.6 Å². The van der Waals surface area contributed by atoms with Gasteiger partial charge in [-0.15, -0.1) is 0 Å². The molecule has 2 aromatic carbocycles. The Kier molecular flexibility index (Phi) is 8.55. The van der Waals surface area contributed by atoms with Gasteiger partial charge in [0.05, 0.1) is 6.54 Å². The molecule has 2 aromatic rings. The summed E-state index contributed by atoms with van der Waals surface area (Å²) in [4.78, 5) is 26.5. The average Bonchev–Trinajstić information content (AvgIpc) is 2.78. The van der Waals surface area contributed by atoms with E-state index in [-0.39, 0.29) is 24.5 Å². The summed E-state index contributed by atoms with van der Waals surface area (Å²) in [6, 6.07) is 16.0. The molecule has 1 saturated carbocycles. The van der Waals surface area contributed by atoms with E-state index in [1.54, 1.807) is 24.3 Å². The van der Waals surface area contributed by atoms with Gasteiger partial charge in [-0.2, -0.15) is 0 Å². The number of nitrogens with one attached hydrogen (secondary N) is 1. The van der Waals surface area contributed by atoms with Crippen LogP contribution < -0.4 is 5.32 Å². The fourth-order valence-electron chi connectivity index (χ4n) is 4.35. The molecule has 1 fully saturated rings. The second-order valence-corrected chi connectivity index (χ2v) is 10.3. The SMILES string of the molecule is CN(C(=O)c1ccc(Cl)cc1)C1CCC(c2ccc(CNCC(=O)OC(C)(C)C)cc2)CC1. The predicted octanol–water partition coefficient (Wildman–Crippen LogP) is 5.57. The molecule has 0 saturated heterocycles. The summed E-state index contributed by atoms with van der Waals surface area (Å²) < 4.78 is 5.31. The fourth-order valence-corrected chi connectivity index (χ4v) is 4.48. The number of hydrogen-bond donors (Lipinski definition) is 1. The van der Waals surface area contributed by atoms with Crippen LogP contribution in [0.4, 0.5) is 0 Å². The van der Waals surface area contributed by atoms with Gasteiger partial charge in [-0.05, 0) is 87.8 Å². The number of rotatable bonds is 7. The van der Waals surface area contributed by atoms with E-state index >= 15 is 0 Å². The zero-order valence-corrected chi connectivity index (χ0v) is 20.8. The molecule has 0 aliphatic heterocycles. The van der Waals surface area contributed by atoms with E-state index in [9.17, 15) is 9.59 Å². The van der Waals surface area contributed by atoms with Gasteiger partial charge in [-0.25, -0.2) is 0 Å². The molecule has 6 heteroatoms. The number of carbonyl (C=O) groups is 2. The number of benzene rings is 2. The number of halogens is 1. The number of hydrogen-bond acceptors (Lipinski definition) is 4. The maximum Gasteiger partial charge on any atom is 0.320 e. The number of ether oxygens (including phenoxy) is 1. The molecule has 1 aliphatic rings. The van der Waals surface area contributed by atoms with Gasteiger partial charge in [0.25, 0.3) is 5.91 Å². The molecule has 3 rings (SSSR count). The Bertz CT molecular complexity index is 927. The third-order valence-corrected chi connectivity index (χ3v) is 6.38. The molecule has 0 radical (unpaired) electrons. The van der Waals surface area contributed by atoms with Gasteiger partial charge in [-0.1, -0.05) is 35.9 Å². The molecule has 1 amide bonds. The predicted molar refractivity (Wildman–Crippen MR) is 133 cm³/mol. The summed E-state index contributed by atoms with van der Waals surface area (Å²) >= 11 is 5.94. The minimum atomic E-state index is -0.461. The smallest absolute Gasteiger partial charge is 0.320 e. The molecule has 0 unspecified atom stereocenters. The number of carbonyl (C=O) groups excluding carboxylic acids is 2. The number of amides is 1. The molecular formula is C27H35ClN2O3. The quantitative estimate of drug-likeness (QED) is 0.537. The van der Waals surface area contributed by atoms with Crippen LogP contribution in [-0.2, 0) is 16.1 Å².